The second kappa shape index (κ2) is 8.76. The molecule has 22 heavy (non-hydrogen) atoms. The van der Waals surface area contributed by atoms with Crippen molar-refractivity contribution in [3.8, 4) is 0 Å². The molecule has 1 aliphatic rings. The van der Waals surface area contributed by atoms with E-state index in [-0.39, 0.29) is 5.91 Å². The van der Waals surface area contributed by atoms with Crippen LogP contribution in [0.25, 0.3) is 0 Å². The first-order valence-corrected chi connectivity index (χ1v) is 8.84. The summed E-state index contributed by atoms with van der Waals surface area (Å²) in [5.74, 6) is -0.132. The summed E-state index contributed by atoms with van der Waals surface area (Å²) in [6.45, 7) is 5.17. The summed E-state index contributed by atoms with van der Waals surface area (Å²) in [5.41, 5.74) is 0.482. The normalized spacial score (nSPS) is 19.1. The fourth-order valence-electron chi connectivity index (χ4n) is 3.07. The van der Waals surface area contributed by atoms with Crippen molar-refractivity contribution in [2.45, 2.75) is 45.1 Å². The lowest BCUT2D eigenvalue weighted by Crippen LogP contribution is -2.40. The van der Waals surface area contributed by atoms with Crippen molar-refractivity contribution in [1.82, 2.24) is 10.2 Å². The number of hydrogen-bond acceptors (Lipinski definition) is 2. The van der Waals surface area contributed by atoms with Crippen LogP contribution in [0.2, 0.25) is 10.0 Å². The molecule has 0 bridgehead atoms. The predicted molar refractivity (Wildman–Crippen MR) is 92.9 cm³/mol. The highest BCUT2D eigenvalue weighted by atomic mass is 35.5. The van der Waals surface area contributed by atoms with Crippen LogP contribution in [0.5, 0.6) is 0 Å². The van der Waals surface area contributed by atoms with Gasteiger partial charge in [0, 0.05) is 24.2 Å². The van der Waals surface area contributed by atoms with Crippen molar-refractivity contribution in [3.05, 3.63) is 33.8 Å². The lowest BCUT2D eigenvalue weighted by Gasteiger charge is -2.35. The van der Waals surface area contributed by atoms with Gasteiger partial charge >= 0.3 is 0 Å². The quantitative estimate of drug-likeness (QED) is 0.778. The Morgan fingerprint density at radius 1 is 1.36 bits per heavy atom. The minimum Gasteiger partial charge on any atom is -0.352 e. The summed E-state index contributed by atoms with van der Waals surface area (Å²) in [6.07, 6.45) is 6.13. The molecule has 1 N–H and O–H groups in total. The Bertz CT molecular complexity index is 507. The SMILES string of the molecule is CCC1CCCCN1CCCNC(=O)c1ccc(Cl)cc1Cl. The van der Waals surface area contributed by atoms with Gasteiger partial charge in [-0.1, -0.05) is 36.5 Å². The molecule has 3 nitrogen and oxygen atoms in total. The van der Waals surface area contributed by atoms with Crippen molar-refractivity contribution in [3.63, 3.8) is 0 Å². The van der Waals surface area contributed by atoms with E-state index in [1.165, 1.54) is 32.2 Å². The number of hydrogen-bond donors (Lipinski definition) is 1. The average molecular weight is 343 g/mol. The van der Waals surface area contributed by atoms with Gasteiger partial charge in [0.1, 0.15) is 0 Å². The van der Waals surface area contributed by atoms with Crippen molar-refractivity contribution in [2.24, 2.45) is 0 Å². The van der Waals surface area contributed by atoms with Crippen LogP contribution in [0.3, 0.4) is 0 Å². The van der Waals surface area contributed by atoms with Gasteiger partial charge in [-0.25, -0.2) is 0 Å². The minimum absolute atomic E-state index is 0.132. The lowest BCUT2D eigenvalue weighted by molar-refractivity contribution is 0.0947. The van der Waals surface area contributed by atoms with E-state index >= 15 is 0 Å². The van der Waals surface area contributed by atoms with Crippen LogP contribution in [0.15, 0.2) is 18.2 Å². The maximum Gasteiger partial charge on any atom is 0.252 e. The molecule has 0 aliphatic carbocycles. The van der Waals surface area contributed by atoms with Crippen LogP contribution < -0.4 is 5.32 Å². The summed E-state index contributed by atoms with van der Waals surface area (Å²) in [5, 5.41) is 3.87. The van der Waals surface area contributed by atoms with E-state index in [9.17, 15) is 4.79 Å². The first kappa shape index (κ1) is 17.6. The zero-order chi connectivity index (χ0) is 15.9. The number of halogens is 2. The van der Waals surface area contributed by atoms with Gasteiger partial charge in [0.15, 0.2) is 0 Å². The third-order valence-electron chi connectivity index (χ3n) is 4.30. The monoisotopic (exact) mass is 342 g/mol. The smallest absolute Gasteiger partial charge is 0.252 e. The summed E-state index contributed by atoms with van der Waals surface area (Å²) < 4.78 is 0. The van der Waals surface area contributed by atoms with Crippen LogP contribution in [0.4, 0.5) is 0 Å². The molecule has 0 saturated carbocycles. The van der Waals surface area contributed by atoms with Crippen LogP contribution in [0.1, 0.15) is 49.4 Å². The highest BCUT2D eigenvalue weighted by Gasteiger charge is 2.20. The van der Waals surface area contributed by atoms with E-state index in [0.717, 1.165) is 19.0 Å². The molecule has 5 heteroatoms. The number of rotatable bonds is 6. The van der Waals surface area contributed by atoms with Crippen molar-refractivity contribution in [1.29, 1.82) is 0 Å². The molecule has 1 aromatic carbocycles. The number of nitrogens with one attached hydrogen (secondary N) is 1. The topological polar surface area (TPSA) is 32.3 Å². The number of piperidine rings is 1. The second-order valence-corrected chi connectivity index (χ2v) is 6.67. The molecule has 122 valence electrons. The maximum absolute atomic E-state index is 12.1. The van der Waals surface area contributed by atoms with Crippen LogP contribution >= 0.6 is 23.2 Å². The van der Waals surface area contributed by atoms with E-state index in [2.05, 4.69) is 17.1 Å². The lowest BCUT2D eigenvalue weighted by atomic mass is 10.00. The Labute approximate surface area is 143 Å². The first-order valence-electron chi connectivity index (χ1n) is 8.09. The largest absolute Gasteiger partial charge is 0.352 e. The first-order chi connectivity index (χ1) is 10.6. The van der Waals surface area contributed by atoms with Crippen molar-refractivity contribution in [2.75, 3.05) is 19.6 Å². The summed E-state index contributed by atoms with van der Waals surface area (Å²) >= 11 is 11.9. The number of nitrogens with zero attached hydrogens (tertiary/aromatic N) is 1. The van der Waals surface area contributed by atoms with Gasteiger partial charge in [0.05, 0.1) is 10.6 Å². The maximum atomic E-state index is 12.1. The zero-order valence-electron chi connectivity index (χ0n) is 13.1. The highest BCUT2D eigenvalue weighted by molar-refractivity contribution is 6.36. The Balaban J connectivity index is 1.75. The Morgan fingerprint density at radius 3 is 2.91 bits per heavy atom. The van der Waals surface area contributed by atoms with Gasteiger partial charge < -0.3 is 10.2 Å². The third-order valence-corrected chi connectivity index (χ3v) is 4.85. The van der Waals surface area contributed by atoms with Gasteiger partial charge in [0.2, 0.25) is 0 Å². The fraction of sp³-hybridized carbons (Fsp3) is 0.588. The van der Waals surface area contributed by atoms with Gasteiger partial charge in [-0.3, -0.25) is 4.79 Å². The molecular formula is C17H24Cl2N2O. The molecule has 1 amide bonds. The van der Waals surface area contributed by atoms with E-state index in [4.69, 9.17) is 23.2 Å². The minimum atomic E-state index is -0.132. The average Bonchev–Trinajstić information content (AvgIpc) is 2.51. The molecule has 1 saturated heterocycles. The molecule has 0 spiro atoms. The summed E-state index contributed by atoms with van der Waals surface area (Å²) in [4.78, 5) is 14.7. The summed E-state index contributed by atoms with van der Waals surface area (Å²) in [6, 6.07) is 5.66. The van der Waals surface area contributed by atoms with Crippen molar-refractivity contribution < 1.29 is 4.79 Å². The van der Waals surface area contributed by atoms with E-state index in [1.54, 1.807) is 18.2 Å². The van der Waals surface area contributed by atoms with Gasteiger partial charge in [-0.05, 0) is 50.4 Å². The van der Waals surface area contributed by atoms with Crippen LogP contribution in [-0.2, 0) is 0 Å². The number of amides is 1. The highest BCUT2D eigenvalue weighted by Crippen LogP contribution is 2.21. The van der Waals surface area contributed by atoms with E-state index < -0.39 is 0 Å². The number of carbonyl (C=O) groups excluding carboxylic acids is 1. The standard InChI is InChI=1S/C17H24Cl2N2O/c1-2-14-6-3-4-10-21(14)11-5-9-20-17(22)15-8-7-13(18)12-16(15)19/h7-8,12,14H,2-6,9-11H2,1H3,(H,20,22). The van der Waals surface area contributed by atoms with Crippen LogP contribution in [-0.4, -0.2) is 36.5 Å². The molecule has 2 rings (SSSR count). The number of likely N-dealkylation sites (tertiary alicyclic amines) is 1. The molecule has 0 radical (unpaired) electrons. The molecule has 1 aromatic rings. The van der Waals surface area contributed by atoms with Gasteiger partial charge in [0.25, 0.3) is 5.91 Å². The summed E-state index contributed by atoms with van der Waals surface area (Å²) in [7, 11) is 0. The number of carbonyl (C=O) groups is 1. The molecule has 1 aliphatic heterocycles. The molecule has 1 unspecified atom stereocenters. The second-order valence-electron chi connectivity index (χ2n) is 5.83. The predicted octanol–water partition coefficient (Wildman–Crippen LogP) is 4.38. The zero-order valence-corrected chi connectivity index (χ0v) is 14.6. The van der Waals surface area contributed by atoms with E-state index in [0.29, 0.717) is 22.2 Å². The Kier molecular flexibility index (Phi) is 7.00. The molecule has 1 heterocycles. The van der Waals surface area contributed by atoms with Gasteiger partial charge in [-0.2, -0.15) is 0 Å². The van der Waals surface area contributed by atoms with Crippen LogP contribution in [0, 0.1) is 0 Å². The third kappa shape index (κ3) is 4.87. The molecule has 1 atom stereocenters. The molecule has 0 aromatic heterocycles. The fourth-order valence-corrected chi connectivity index (χ4v) is 3.56. The Morgan fingerprint density at radius 2 is 2.18 bits per heavy atom. The molecular weight excluding hydrogens is 319 g/mol. The Hall–Kier alpha value is -0.770. The van der Waals surface area contributed by atoms with Gasteiger partial charge in [-0.15, -0.1) is 0 Å². The van der Waals surface area contributed by atoms with E-state index in [1.807, 2.05) is 0 Å². The molecule has 1 fully saturated rings. The van der Waals surface area contributed by atoms with Crippen molar-refractivity contribution >= 4 is 29.1 Å². The number of benzene rings is 1.